The Balaban J connectivity index is 1.74. The number of rotatable bonds is 1. The van der Waals surface area contributed by atoms with Gasteiger partial charge in [0.05, 0.1) is 5.92 Å². The number of aromatic hydroxyl groups is 1. The van der Waals surface area contributed by atoms with Crippen LogP contribution in [-0.2, 0) is 21.4 Å². The third kappa shape index (κ3) is 2.14. The first-order chi connectivity index (χ1) is 11.8. The van der Waals surface area contributed by atoms with Crippen molar-refractivity contribution >= 4 is 11.8 Å². The number of carbonyl (C=O) groups excluding carboxylic acids is 2. The second-order valence-corrected chi connectivity index (χ2v) is 8.56. The highest BCUT2D eigenvalue weighted by Crippen LogP contribution is 2.57. The molecule has 1 aromatic rings. The normalized spacial score (nSPS) is 32.9. The maximum Gasteiger partial charge on any atom is 0.228 e. The zero-order valence-electron chi connectivity index (χ0n) is 15.1. The molecule has 3 atom stereocenters. The van der Waals surface area contributed by atoms with Crippen LogP contribution in [0, 0.1) is 11.3 Å². The molecule has 134 valence electrons. The van der Waals surface area contributed by atoms with Gasteiger partial charge in [0.2, 0.25) is 11.8 Å². The number of phenols is 1. The van der Waals surface area contributed by atoms with Crippen molar-refractivity contribution in [1.29, 1.82) is 0 Å². The van der Waals surface area contributed by atoms with E-state index >= 15 is 0 Å². The van der Waals surface area contributed by atoms with E-state index in [2.05, 4.69) is 32.2 Å². The molecular formula is C20H26N2O3. The first kappa shape index (κ1) is 16.4. The van der Waals surface area contributed by atoms with Crippen LogP contribution in [0.2, 0.25) is 0 Å². The second-order valence-electron chi connectivity index (χ2n) is 8.56. The van der Waals surface area contributed by atoms with Crippen molar-refractivity contribution in [3.63, 3.8) is 0 Å². The smallest absolute Gasteiger partial charge is 0.228 e. The Morgan fingerprint density at radius 3 is 2.72 bits per heavy atom. The average Bonchev–Trinajstić information content (AvgIpc) is 2.98. The van der Waals surface area contributed by atoms with Gasteiger partial charge >= 0.3 is 0 Å². The van der Waals surface area contributed by atoms with Gasteiger partial charge in [0, 0.05) is 31.0 Å². The highest BCUT2D eigenvalue weighted by atomic mass is 16.3. The third-order valence-corrected chi connectivity index (χ3v) is 7.24. The van der Waals surface area contributed by atoms with Gasteiger partial charge in [-0.25, -0.2) is 0 Å². The molecule has 2 bridgehead atoms. The van der Waals surface area contributed by atoms with E-state index in [9.17, 15) is 14.7 Å². The van der Waals surface area contributed by atoms with Crippen LogP contribution in [-0.4, -0.2) is 41.0 Å². The zero-order valence-corrected chi connectivity index (χ0v) is 15.1. The summed E-state index contributed by atoms with van der Waals surface area (Å²) in [6.07, 6.45) is 1.83. The quantitative estimate of drug-likeness (QED) is 0.820. The lowest BCUT2D eigenvalue weighted by Crippen LogP contribution is -2.65. The summed E-state index contributed by atoms with van der Waals surface area (Å²) in [7, 11) is 0. The number of hydrogen-bond acceptors (Lipinski definition) is 3. The lowest BCUT2D eigenvalue weighted by molar-refractivity contribution is -0.148. The number of benzene rings is 1. The number of hydrogen-bond donors (Lipinski definition) is 2. The van der Waals surface area contributed by atoms with Crippen LogP contribution >= 0.6 is 0 Å². The fraction of sp³-hybridized carbons (Fsp3) is 0.600. The molecular weight excluding hydrogens is 316 g/mol. The van der Waals surface area contributed by atoms with E-state index in [4.69, 9.17) is 0 Å². The van der Waals surface area contributed by atoms with Gasteiger partial charge in [-0.1, -0.05) is 32.9 Å². The predicted molar refractivity (Wildman–Crippen MR) is 94.2 cm³/mol. The summed E-state index contributed by atoms with van der Waals surface area (Å²) in [5.41, 5.74) is 2.02. The van der Waals surface area contributed by atoms with E-state index in [1.807, 2.05) is 11.0 Å². The molecule has 2 heterocycles. The molecule has 5 heteroatoms. The van der Waals surface area contributed by atoms with Crippen molar-refractivity contribution in [3.05, 3.63) is 29.3 Å². The standard InChI is InChI=1S/C20H26N2O3/c1-19(2)16-10-13-14(5-4-6-15(13)23)20(19,3)7-8-22(16)18(25)12-9-17(24)21-11-12/h4-6,12,16,23H,7-11H2,1-3H3,(H,21,24)/t12?,16-,20+/m1/s1. The maximum atomic E-state index is 13.1. The van der Waals surface area contributed by atoms with Gasteiger partial charge in [-0.2, -0.15) is 0 Å². The third-order valence-electron chi connectivity index (χ3n) is 7.24. The molecule has 1 aromatic carbocycles. The summed E-state index contributed by atoms with van der Waals surface area (Å²) in [5, 5.41) is 13.2. The summed E-state index contributed by atoms with van der Waals surface area (Å²) in [5.74, 6) is 0.123. The first-order valence-electron chi connectivity index (χ1n) is 9.14. The van der Waals surface area contributed by atoms with Crippen LogP contribution in [0.15, 0.2) is 18.2 Å². The minimum atomic E-state index is -0.251. The predicted octanol–water partition coefficient (Wildman–Crippen LogP) is 1.97. The maximum absolute atomic E-state index is 13.1. The Kier molecular flexibility index (Phi) is 3.44. The van der Waals surface area contributed by atoms with Gasteiger partial charge in [-0.15, -0.1) is 0 Å². The van der Waals surface area contributed by atoms with Crippen LogP contribution in [0.3, 0.4) is 0 Å². The van der Waals surface area contributed by atoms with Crippen molar-refractivity contribution in [2.75, 3.05) is 13.1 Å². The van der Waals surface area contributed by atoms with Gasteiger partial charge in [-0.05, 0) is 35.4 Å². The Morgan fingerprint density at radius 1 is 1.28 bits per heavy atom. The number of nitrogens with one attached hydrogen (secondary N) is 1. The molecule has 2 N–H and O–H groups in total. The summed E-state index contributed by atoms with van der Waals surface area (Å²) < 4.78 is 0. The number of carbonyl (C=O) groups is 2. The minimum absolute atomic E-state index is 0.0360. The van der Waals surface area contributed by atoms with Gasteiger partial charge in [0.1, 0.15) is 5.75 Å². The molecule has 5 nitrogen and oxygen atoms in total. The minimum Gasteiger partial charge on any atom is -0.508 e. The van der Waals surface area contributed by atoms with Crippen molar-refractivity contribution < 1.29 is 14.7 Å². The number of nitrogens with zero attached hydrogens (tertiary/aromatic N) is 1. The lowest BCUT2D eigenvalue weighted by atomic mass is 9.51. The Labute approximate surface area is 148 Å². The first-order valence-corrected chi connectivity index (χ1v) is 9.14. The number of amides is 2. The largest absolute Gasteiger partial charge is 0.508 e. The topological polar surface area (TPSA) is 69.6 Å². The molecule has 3 aliphatic rings. The molecule has 25 heavy (non-hydrogen) atoms. The van der Waals surface area contributed by atoms with Crippen molar-refractivity contribution in [2.45, 2.75) is 51.5 Å². The zero-order chi connectivity index (χ0) is 18.0. The summed E-state index contributed by atoms with van der Waals surface area (Å²) >= 11 is 0. The summed E-state index contributed by atoms with van der Waals surface area (Å²) in [6, 6.07) is 5.82. The van der Waals surface area contributed by atoms with Crippen molar-refractivity contribution in [3.8, 4) is 5.75 Å². The van der Waals surface area contributed by atoms with E-state index < -0.39 is 0 Å². The molecule has 2 aliphatic heterocycles. The van der Waals surface area contributed by atoms with Crippen LogP contribution < -0.4 is 5.32 Å². The van der Waals surface area contributed by atoms with E-state index in [1.165, 1.54) is 5.56 Å². The van der Waals surface area contributed by atoms with Gasteiger partial charge in [0.15, 0.2) is 0 Å². The Bertz CT molecular complexity index is 757. The highest BCUT2D eigenvalue weighted by molar-refractivity contribution is 5.89. The van der Waals surface area contributed by atoms with E-state index in [0.29, 0.717) is 31.7 Å². The monoisotopic (exact) mass is 342 g/mol. The molecule has 2 saturated heterocycles. The highest BCUT2D eigenvalue weighted by Gasteiger charge is 2.57. The van der Waals surface area contributed by atoms with Crippen LogP contribution in [0.25, 0.3) is 0 Å². The fourth-order valence-electron chi connectivity index (χ4n) is 5.20. The van der Waals surface area contributed by atoms with E-state index in [1.54, 1.807) is 6.07 Å². The number of fused-ring (bicyclic) bond motifs is 4. The molecule has 1 aliphatic carbocycles. The average molecular weight is 342 g/mol. The fourth-order valence-corrected chi connectivity index (χ4v) is 5.20. The van der Waals surface area contributed by atoms with Crippen molar-refractivity contribution in [2.24, 2.45) is 11.3 Å². The van der Waals surface area contributed by atoms with Crippen LogP contribution in [0.1, 0.15) is 44.7 Å². The number of phenolic OH excluding ortho intramolecular Hbond substituents is 1. The Morgan fingerprint density at radius 2 is 2.04 bits per heavy atom. The van der Waals surface area contributed by atoms with Crippen molar-refractivity contribution in [1.82, 2.24) is 10.2 Å². The Hall–Kier alpha value is -2.04. The molecule has 0 aromatic heterocycles. The molecule has 0 radical (unpaired) electrons. The van der Waals surface area contributed by atoms with E-state index in [0.717, 1.165) is 12.0 Å². The van der Waals surface area contributed by atoms with Crippen LogP contribution in [0.4, 0.5) is 0 Å². The van der Waals surface area contributed by atoms with E-state index in [-0.39, 0.29) is 34.6 Å². The second kappa shape index (κ2) is 5.23. The molecule has 0 spiro atoms. The lowest BCUT2D eigenvalue weighted by Gasteiger charge is -2.61. The molecule has 1 unspecified atom stereocenters. The molecule has 2 fully saturated rings. The summed E-state index contributed by atoms with van der Waals surface area (Å²) in [4.78, 5) is 26.6. The summed E-state index contributed by atoms with van der Waals surface area (Å²) in [6.45, 7) is 7.90. The SMILES string of the molecule is CC1(C)[C@H]2Cc3c(O)cccc3[C@]1(C)CCN2C(=O)C1CNC(=O)C1. The molecule has 4 rings (SSSR count). The van der Waals surface area contributed by atoms with Gasteiger partial charge in [0.25, 0.3) is 0 Å². The number of likely N-dealkylation sites (tertiary alicyclic amines) is 1. The molecule has 0 saturated carbocycles. The van der Waals surface area contributed by atoms with Gasteiger partial charge in [-0.3, -0.25) is 9.59 Å². The van der Waals surface area contributed by atoms with Gasteiger partial charge < -0.3 is 15.3 Å². The van der Waals surface area contributed by atoms with Crippen LogP contribution in [0.5, 0.6) is 5.75 Å². The molecule has 2 amide bonds. The number of piperidine rings is 1.